The quantitative estimate of drug-likeness (QED) is 0.260. The minimum atomic E-state index is -1.09. The van der Waals surface area contributed by atoms with Gasteiger partial charge in [-0.25, -0.2) is 14.4 Å². The predicted octanol–water partition coefficient (Wildman–Crippen LogP) is 3.76. The Balaban J connectivity index is 2.72. The Bertz CT molecular complexity index is 895. The fourth-order valence-corrected chi connectivity index (χ4v) is 2.47. The van der Waals surface area contributed by atoms with E-state index in [1.54, 1.807) is 20.8 Å². The van der Waals surface area contributed by atoms with Crippen LogP contribution in [0, 0.1) is 5.41 Å². The Morgan fingerprint density at radius 2 is 1.44 bits per heavy atom. The first kappa shape index (κ1) is 30.5. The summed E-state index contributed by atoms with van der Waals surface area (Å²) < 4.78 is 34.8. The number of carbonyl (C=O) groups excluding carboxylic acids is 4. The molecule has 1 aromatic carbocycles. The summed E-state index contributed by atoms with van der Waals surface area (Å²) in [6.45, 7) is 10.6. The number of hydrogen-bond acceptors (Lipinski definition) is 12. The van der Waals surface area contributed by atoms with Crippen LogP contribution in [0.5, 0.6) is 11.5 Å². The molecule has 0 aromatic heterocycles. The Labute approximate surface area is 210 Å². The number of ether oxygens (including phenoxy) is 7. The highest BCUT2D eigenvalue weighted by Crippen LogP contribution is 2.30. The molecule has 0 aliphatic rings. The van der Waals surface area contributed by atoms with Gasteiger partial charge >= 0.3 is 24.4 Å². The molecule has 0 aliphatic heterocycles. The van der Waals surface area contributed by atoms with Gasteiger partial charge in [0.05, 0.1) is 19.8 Å². The largest absolute Gasteiger partial charge is 0.513 e. The third-order valence-electron chi connectivity index (χ3n) is 4.06. The molecule has 12 nitrogen and oxygen atoms in total. The fourth-order valence-electron chi connectivity index (χ4n) is 2.47. The van der Waals surface area contributed by atoms with E-state index in [9.17, 15) is 19.2 Å². The molecular formula is C24H35NO11. The number of rotatable bonds is 11. The molecule has 202 valence electrons. The van der Waals surface area contributed by atoms with E-state index in [-0.39, 0.29) is 49.8 Å². The third kappa shape index (κ3) is 12.2. The van der Waals surface area contributed by atoms with Gasteiger partial charge in [-0.2, -0.15) is 0 Å². The normalized spacial score (nSPS) is 12.5. The first-order valence-electron chi connectivity index (χ1n) is 11.4. The van der Waals surface area contributed by atoms with E-state index in [4.69, 9.17) is 38.9 Å². The van der Waals surface area contributed by atoms with E-state index in [0.29, 0.717) is 5.56 Å². The first-order valence-corrected chi connectivity index (χ1v) is 11.4. The first-order chi connectivity index (χ1) is 16.8. The zero-order chi connectivity index (χ0) is 27.3. The lowest BCUT2D eigenvalue weighted by Gasteiger charge is -2.19. The summed E-state index contributed by atoms with van der Waals surface area (Å²) in [5.41, 5.74) is 6.21. The van der Waals surface area contributed by atoms with Gasteiger partial charge in [0.25, 0.3) is 0 Å². The van der Waals surface area contributed by atoms with Gasteiger partial charge in [-0.3, -0.25) is 4.79 Å². The Kier molecular flexibility index (Phi) is 12.5. The maximum Gasteiger partial charge on any atom is 0.513 e. The predicted molar refractivity (Wildman–Crippen MR) is 126 cm³/mol. The van der Waals surface area contributed by atoms with Crippen molar-refractivity contribution in [2.75, 3.05) is 26.4 Å². The molecule has 0 heterocycles. The summed E-state index contributed by atoms with van der Waals surface area (Å²) >= 11 is 0. The molecule has 0 saturated carbocycles. The summed E-state index contributed by atoms with van der Waals surface area (Å²) in [4.78, 5) is 47.5. The van der Waals surface area contributed by atoms with Gasteiger partial charge in [0.15, 0.2) is 11.5 Å². The van der Waals surface area contributed by atoms with Crippen molar-refractivity contribution < 1.29 is 52.3 Å². The van der Waals surface area contributed by atoms with Crippen LogP contribution in [0.4, 0.5) is 14.4 Å². The SMILES string of the molecule is CCOC(=O)Oc1ccc(C[C@H](N)C(=O)OC[C@H](C)OC(=O)OCC(C)(C)C)cc1OC(=O)OCC. The monoisotopic (exact) mass is 513 g/mol. The Morgan fingerprint density at radius 1 is 0.861 bits per heavy atom. The molecule has 36 heavy (non-hydrogen) atoms. The number of benzene rings is 1. The van der Waals surface area contributed by atoms with E-state index >= 15 is 0 Å². The minimum absolute atomic E-state index is 0.000563. The highest BCUT2D eigenvalue weighted by molar-refractivity contribution is 5.76. The lowest BCUT2D eigenvalue weighted by Crippen LogP contribution is -2.36. The summed E-state index contributed by atoms with van der Waals surface area (Å²) in [5, 5.41) is 0. The molecule has 2 N–H and O–H groups in total. The summed E-state index contributed by atoms with van der Waals surface area (Å²) in [6, 6.07) is 3.17. The number of hydrogen-bond donors (Lipinski definition) is 1. The van der Waals surface area contributed by atoms with Crippen LogP contribution < -0.4 is 15.2 Å². The van der Waals surface area contributed by atoms with Crippen LogP contribution in [0.2, 0.25) is 0 Å². The summed E-state index contributed by atoms with van der Waals surface area (Å²) in [7, 11) is 0. The van der Waals surface area contributed by atoms with Crippen LogP contribution in [-0.4, -0.2) is 63.0 Å². The van der Waals surface area contributed by atoms with Crippen molar-refractivity contribution in [1.82, 2.24) is 0 Å². The highest BCUT2D eigenvalue weighted by atomic mass is 16.7. The smallest absolute Gasteiger partial charge is 0.461 e. The maximum absolute atomic E-state index is 12.3. The second kappa shape index (κ2) is 14.8. The van der Waals surface area contributed by atoms with Crippen LogP contribution in [0.25, 0.3) is 0 Å². The van der Waals surface area contributed by atoms with Crippen LogP contribution in [0.3, 0.4) is 0 Å². The van der Waals surface area contributed by atoms with E-state index in [0.717, 1.165) is 0 Å². The van der Waals surface area contributed by atoms with Crippen LogP contribution >= 0.6 is 0 Å². The Hall–Kier alpha value is -3.54. The van der Waals surface area contributed by atoms with Gasteiger partial charge in [0, 0.05) is 0 Å². The topological polar surface area (TPSA) is 159 Å². The molecule has 1 rings (SSSR count). The molecule has 1 aromatic rings. The molecule has 0 fully saturated rings. The molecule has 0 saturated heterocycles. The fraction of sp³-hybridized carbons (Fsp3) is 0.583. The average Bonchev–Trinajstić information content (AvgIpc) is 2.77. The summed E-state index contributed by atoms with van der Waals surface area (Å²) in [5.74, 6) is -0.964. The minimum Gasteiger partial charge on any atom is -0.461 e. The van der Waals surface area contributed by atoms with Gasteiger partial charge in [0.1, 0.15) is 18.8 Å². The van der Waals surface area contributed by atoms with Gasteiger partial charge in [0.2, 0.25) is 0 Å². The van der Waals surface area contributed by atoms with Crippen LogP contribution in [-0.2, 0) is 34.9 Å². The van der Waals surface area contributed by atoms with E-state index in [1.165, 1.54) is 18.2 Å². The van der Waals surface area contributed by atoms with Crippen LogP contribution in [0.15, 0.2) is 18.2 Å². The van der Waals surface area contributed by atoms with Crippen LogP contribution in [0.1, 0.15) is 47.1 Å². The zero-order valence-electron chi connectivity index (χ0n) is 21.5. The van der Waals surface area contributed by atoms with Gasteiger partial charge in [-0.1, -0.05) is 26.8 Å². The number of carbonyl (C=O) groups is 4. The number of nitrogens with two attached hydrogens (primary N) is 1. The lowest BCUT2D eigenvalue weighted by atomic mass is 9.99. The van der Waals surface area contributed by atoms with Crippen molar-refractivity contribution in [1.29, 1.82) is 0 Å². The second-order valence-corrected chi connectivity index (χ2v) is 8.82. The molecule has 12 heteroatoms. The summed E-state index contributed by atoms with van der Waals surface area (Å²) in [6.07, 6.45) is -3.62. The maximum atomic E-state index is 12.3. The highest BCUT2D eigenvalue weighted by Gasteiger charge is 2.22. The molecule has 0 spiro atoms. The molecule has 0 unspecified atom stereocenters. The molecular weight excluding hydrogens is 478 g/mol. The third-order valence-corrected chi connectivity index (χ3v) is 4.06. The van der Waals surface area contributed by atoms with Crippen molar-refractivity contribution in [3.63, 3.8) is 0 Å². The molecule has 2 atom stereocenters. The molecule has 0 amide bonds. The molecule has 0 radical (unpaired) electrons. The Morgan fingerprint density at radius 3 is 2.00 bits per heavy atom. The van der Waals surface area contributed by atoms with Gasteiger partial charge in [-0.15, -0.1) is 0 Å². The van der Waals surface area contributed by atoms with Crippen molar-refractivity contribution in [3.8, 4) is 11.5 Å². The standard InChI is InChI=1S/C24H35NO11/c1-7-30-21(27)35-18-10-9-16(12-19(18)36-22(28)31-8-2)11-17(25)20(26)32-13-15(3)34-23(29)33-14-24(4,5)6/h9-10,12,15,17H,7-8,11,13-14,25H2,1-6H3/t15-,17-/m0/s1. The van der Waals surface area contributed by atoms with Crippen molar-refractivity contribution in [3.05, 3.63) is 23.8 Å². The van der Waals surface area contributed by atoms with Crippen molar-refractivity contribution in [2.24, 2.45) is 11.1 Å². The molecule has 0 bridgehead atoms. The van der Waals surface area contributed by atoms with E-state index in [2.05, 4.69) is 0 Å². The lowest BCUT2D eigenvalue weighted by molar-refractivity contribution is -0.148. The van der Waals surface area contributed by atoms with Crippen molar-refractivity contribution >= 4 is 24.4 Å². The average molecular weight is 514 g/mol. The van der Waals surface area contributed by atoms with E-state index in [1.807, 2.05) is 20.8 Å². The molecule has 0 aliphatic carbocycles. The zero-order valence-corrected chi connectivity index (χ0v) is 21.5. The van der Waals surface area contributed by atoms with Crippen molar-refractivity contribution in [2.45, 2.75) is 60.1 Å². The number of esters is 1. The van der Waals surface area contributed by atoms with E-state index < -0.39 is 36.6 Å². The van der Waals surface area contributed by atoms with Gasteiger partial charge in [-0.05, 0) is 50.3 Å². The van der Waals surface area contributed by atoms with Gasteiger partial charge < -0.3 is 38.9 Å². The second-order valence-electron chi connectivity index (χ2n) is 8.82.